The summed E-state index contributed by atoms with van der Waals surface area (Å²) in [7, 11) is 0. The summed E-state index contributed by atoms with van der Waals surface area (Å²) in [6.07, 6.45) is 2.37. The number of rotatable bonds is 10. The summed E-state index contributed by atoms with van der Waals surface area (Å²) in [5.74, 6) is -1.18. The maximum absolute atomic E-state index is 12.7. The number of nitrogens with one attached hydrogen (secondary N) is 1. The average Bonchev–Trinajstić information content (AvgIpc) is 2.85. The van der Waals surface area contributed by atoms with E-state index in [4.69, 9.17) is 15.2 Å². The Labute approximate surface area is 214 Å². The van der Waals surface area contributed by atoms with Crippen molar-refractivity contribution in [2.75, 3.05) is 0 Å². The number of nitrogens with zero attached hydrogens (tertiary/aromatic N) is 2. The van der Waals surface area contributed by atoms with Crippen molar-refractivity contribution in [1.29, 1.82) is 0 Å². The second-order valence-corrected chi connectivity index (χ2v) is 7.18. The average molecular weight is 576 g/mol. The van der Waals surface area contributed by atoms with Crippen molar-refractivity contribution >= 4 is 18.0 Å². The van der Waals surface area contributed by atoms with Crippen molar-refractivity contribution in [3.8, 4) is 0 Å². The molecule has 0 fully saturated rings. The molecule has 1 heterocycles. The Morgan fingerprint density at radius 2 is 1.50 bits per heavy atom. The van der Waals surface area contributed by atoms with E-state index in [9.17, 15) is 14.4 Å². The van der Waals surface area contributed by atoms with Gasteiger partial charge in [0.15, 0.2) is 12.7 Å². The van der Waals surface area contributed by atoms with Crippen LogP contribution >= 0.6 is 0 Å². The van der Waals surface area contributed by atoms with Crippen LogP contribution in [0.5, 0.6) is 0 Å². The quantitative estimate of drug-likeness (QED) is 0.180. The fourth-order valence-electron chi connectivity index (χ4n) is 2.91. The molecule has 10 heteroatoms. The van der Waals surface area contributed by atoms with Crippen LogP contribution in [0.3, 0.4) is 0 Å². The maximum Gasteiger partial charge on any atom is 0.408 e. The molecule has 0 radical (unpaired) electrons. The normalized spacial score (nSPS) is 10.9. The summed E-state index contributed by atoms with van der Waals surface area (Å²) in [4.78, 5) is 36.2. The van der Waals surface area contributed by atoms with E-state index in [2.05, 4.69) is 10.4 Å². The van der Waals surface area contributed by atoms with E-state index in [1.54, 1.807) is 6.20 Å². The molecule has 2 amide bonds. The van der Waals surface area contributed by atoms with E-state index in [-0.39, 0.29) is 55.7 Å². The van der Waals surface area contributed by atoms with Gasteiger partial charge in [-0.05, 0) is 16.2 Å². The van der Waals surface area contributed by atoms with Crippen LogP contribution in [0, 0.1) is 0 Å². The molecule has 34 heavy (non-hydrogen) atoms. The Kier molecular flexibility index (Phi) is 10.9. The molecule has 2 aromatic carbocycles. The standard InChI is InChI=1S/C24H24N4O5.HI/c25-22(29)20-11-13-28(26-15-20)14-12-21(23(30)32-16-18-7-3-1-4-8-18)27-24(31)33-17-19-9-5-2-6-10-19;/h1-11,13,15,21H,12,14,16-17H2,(H2-,25,27,29,31);1H/t21-;/m0./s1. The van der Waals surface area contributed by atoms with Gasteiger partial charge in [0.1, 0.15) is 25.5 Å². The maximum atomic E-state index is 12.7. The third-order valence-corrected chi connectivity index (χ3v) is 4.72. The van der Waals surface area contributed by atoms with E-state index in [1.807, 2.05) is 60.7 Å². The minimum atomic E-state index is -0.956. The topological polar surface area (TPSA) is 124 Å². The molecule has 0 aliphatic rings. The Hall–Kier alpha value is -3.54. The van der Waals surface area contributed by atoms with Crippen molar-refractivity contribution in [2.24, 2.45) is 5.73 Å². The Balaban J connectivity index is 0.00000408. The van der Waals surface area contributed by atoms with Gasteiger partial charge in [-0.15, -0.1) is 0 Å². The van der Waals surface area contributed by atoms with Gasteiger partial charge in [0.2, 0.25) is 0 Å². The van der Waals surface area contributed by atoms with E-state index < -0.39 is 24.0 Å². The first-order valence-electron chi connectivity index (χ1n) is 10.3. The molecule has 0 bridgehead atoms. The number of carbonyl (C=O) groups is 3. The van der Waals surface area contributed by atoms with Gasteiger partial charge in [0.25, 0.3) is 5.91 Å². The summed E-state index contributed by atoms with van der Waals surface area (Å²) in [6, 6.07) is 19.0. The van der Waals surface area contributed by atoms with Gasteiger partial charge in [-0.25, -0.2) is 9.59 Å². The highest BCUT2D eigenvalue weighted by Crippen LogP contribution is 2.06. The van der Waals surface area contributed by atoms with E-state index in [1.165, 1.54) is 16.9 Å². The van der Waals surface area contributed by atoms with Gasteiger partial charge in [-0.1, -0.05) is 65.3 Å². The van der Waals surface area contributed by atoms with Gasteiger partial charge in [-0.2, -0.15) is 0 Å². The monoisotopic (exact) mass is 576 g/mol. The number of primary amides is 1. The number of nitrogens with two attached hydrogens (primary N) is 1. The van der Waals surface area contributed by atoms with Crippen molar-refractivity contribution in [2.45, 2.75) is 32.2 Å². The molecular weight excluding hydrogens is 551 g/mol. The molecule has 0 unspecified atom stereocenters. The van der Waals surface area contributed by atoms with Crippen molar-refractivity contribution in [1.82, 2.24) is 10.4 Å². The number of esters is 1. The van der Waals surface area contributed by atoms with Crippen molar-refractivity contribution in [3.05, 3.63) is 95.8 Å². The first kappa shape index (κ1) is 26.7. The molecule has 3 aromatic rings. The van der Waals surface area contributed by atoms with Crippen LogP contribution in [0.4, 0.5) is 4.79 Å². The largest absolute Gasteiger partial charge is 1.00 e. The molecule has 0 saturated carbocycles. The minimum Gasteiger partial charge on any atom is -1.00 e. The second kappa shape index (κ2) is 13.9. The zero-order chi connectivity index (χ0) is 23.5. The number of carbonyl (C=O) groups excluding carboxylic acids is 3. The van der Waals surface area contributed by atoms with E-state index in [0.717, 1.165) is 11.1 Å². The van der Waals surface area contributed by atoms with Gasteiger partial charge in [0.05, 0.1) is 5.56 Å². The van der Waals surface area contributed by atoms with Gasteiger partial charge >= 0.3 is 12.1 Å². The number of benzene rings is 2. The summed E-state index contributed by atoms with van der Waals surface area (Å²) >= 11 is 0. The van der Waals surface area contributed by atoms with Gasteiger partial charge in [-0.3, -0.25) is 4.79 Å². The molecule has 3 rings (SSSR count). The molecule has 1 aromatic heterocycles. The molecule has 0 spiro atoms. The summed E-state index contributed by atoms with van der Waals surface area (Å²) in [5.41, 5.74) is 7.14. The predicted molar refractivity (Wildman–Crippen MR) is 117 cm³/mol. The zero-order valence-electron chi connectivity index (χ0n) is 18.3. The van der Waals surface area contributed by atoms with Crippen LogP contribution in [0.15, 0.2) is 79.1 Å². The number of halogens is 1. The van der Waals surface area contributed by atoms with Gasteiger partial charge in [0, 0.05) is 12.5 Å². The number of aromatic nitrogens is 2. The molecule has 0 aliphatic heterocycles. The first-order valence-corrected chi connectivity index (χ1v) is 10.3. The number of ether oxygens (including phenoxy) is 2. The highest BCUT2D eigenvalue weighted by atomic mass is 127. The van der Waals surface area contributed by atoms with Gasteiger partial charge < -0.3 is 44.5 Å². The molecule has 0 saturated heterocycles. The van der Waals surface area contributed by atoms with Crippen molar-refractivity contribution < 1.29 is 52.5 Å². The molecular formula is C24H25IN4O5. The van der Waals surface area contributed by atoms with E-state index >= 15 is 0 Å². The Morgan fingerprint density at radius 1 is 0.912 bits per heavy atom. The highest BCUT2D eigenvalue weighted by molar-refractivity contribution is 5.92. The molecule has 178 valence electrons. The van der Waals surface area contributed by atoms with Crippen LogP contribution < -0.4 is 39.7 Å². The minimum absolute atomic E-state index is 0. The highest BCUT2D eigenvalue weighted by Gasteiger charge is 2.25. The third-order valence-electron chi connectivity index (χ3n) is 4.72. The molecule has 3 N–H and O–H groups in total. The molecule has 0 aliphatic carbocycles. The molecule has 9 nitrogen and oxygen atoms in total. The Bertz CT molecular complexity index is 1070. The number of alkyl carbamates (subject to hydrolysis) is 1. The summed E-state index contributed by atoms with van der Waals surface area (Å²) in [6.45, 7) is 0.433. The number of hydrogen-bond acceptors (Lipinski definition) is 6. The summed E-state index contributed by atoms with van der Waals surface area (Å²) in [5, 5.41) is 6.67. The predicted octanol–water partition coefficient (Wildman–Crippen LogP) is -1.10. The summed E-state index contributed by atoms with van der Waals surface area (Å²) < 4.78 is 12.2. The van der Waals surface area contributed by atoms with Crippen molar-refractivity contribution in [3.63, 3.8) is 0 Å². The van der Waals surface area contributed by atoms with Crippen LogP contribution in [-0.2, 0) is 34.0 Å². The Morgan fingerprint density at radius 3 is 2.03 bits per heavy atom. The SMILES string of the molecule is NC(=O)c1cc[n+](CC[C@H](NC(=O)OCc2ccccc2)C(=O)OCc2ccccc2)nc1.[I-]. The van der Waals surface area contributed by atoms with Crippen LogP contribution in [0.1, 0.15) is 27.9 Å². The fourth-order valence-corrected chi connectivity index (χ4v) is 2.91. The lowest BCUT2D eigenvalue weighted by Crippen LogP contribution is -3.00. The fraction of sp³-hybridized carbons (Fsp3) is 0.208. The van der Waals surface area contributed by atoms with Crippen LogP contribution in [-0.4, -0.2) is 29.1 Å². The number of aryl methyl sites for hydroxylation is 1. The third kappa shape index (κ3) is 8.77. The smallest absolute Gasteiger partial charge is 0.408 e. The second-order valence-electron chi connectivity index (χ2n) is 7.18. The lowest BCUT2D eigenvalue weighted by molar-refractivity contribution is -0.754. The molecule has 1 atom stereocenters. The lowest BCUT2D eigenvalue weighted by atomic mass is 10.2. The lowest BCUT2D eigenvalue weighted by Gasteiger charge is -2.16. The number of hydrogen-bond donors (Lipinski definition) is 2. The zero-order valence-corrected chi connectivity index (χ0v) is 20.5. The van der Waals surface area contributed by atoms with Crippen LogP contribution in [0.2, 0.25) is 0 Å². The first-order chi connectivity index (χ1) is 16.0. The van der Waals surface area contributed by atoms with E-state index in [0.29, 0.717) is 0 Å². The van der Waals surface area contributed by atoms with Crippen LogP contribution in [0.25, 0.3) is 0 Å². The number of amides is 2.